The molecule has 0 spiro atoms. The van der Waals surface area contributed by atoms with Crippen LogP contribution >= 0.6 is 0 Å². The minimum atomic E-state index is 0.728. The molecule has 2 heterocycles. The molecule has 1 atom stereocenters. The lowest BCUT2D eigenvalue weighted by Gasteiger charge is -2.35. The molecule has 0 radical (unpaired) electrons. The molecule has 0 fully saturated rings. The van der Waals surface area contributed by atoms with E-state index in [1.165, 1.54) is 55.7 Å². The number of aromatic nitrogens is 1. The van der Waals surface area contributed by atoms with Crippen molar-refractivity contribution in [2.75, 3.05) is 13.1 Å². The first-order valence-corrected chi connectivity index (χ1v) is 8.81. The number of rotatable bonds is 6. The van der Waals surface area contributed by atoms with Gasteiger partial charge in [0.15, 0.2) is 0 Å². The summed E-state index contributed by atoms with van der Waals surface area (Å²) in [7, 11) is 0. The Balaban J connectivity index is 1.79. The third kappa shape index (κ3) is 3.12. The molecule has 0 unspecified atom stereocenters. The summed E-state index contributed by atoms with van der Waals surface area (Å²) in [6.07, 6.45) is 4.99. The zero-order chi connectivity index (χ0) is 15.4. The molecule has 1 aromatic heterocycles. The van der Waals surface area contributed by atoms with Crippen LogP contribution in [-0.4, -0.2) is 28.6 Å². The van der Waals surface area contributed by atoms with E-state index in [-0.39, 0.29) is 0 Å². The van der Waals surface area contributed by atoms with E-state index in [2.05, 4.69) is 65.8 Å². The van der Waals surface area contributed by atoms with Crippen molar-refractivity contribution in [1.29, 1.82) is 0 Å². The number of hydrogen-bond donors (Lipinski definition) is 0. The lowest BCUT2D eigenvalue weighted by Crippen LogP contribution is -2.41. The van der Waals surface area contributed by atoms with Crippen LogP contribution in [0, 0.1) is 0 Å². The molecule has 1 aliphatic rings. The van der Waals surface area contributed by atoms with Crippen molar-refractivity contribution in [3.05, 3.63) is 48.2 Å². The van der Waals surface area contributed by atoms with Gasteiger partial charge >= 0.3 is 0 Å². The Morgan fingerprint density at radius 3 is 2.41 bits per heavy atom. The van der Waals surface area contributed by atoms with Gasteiger partial charge in [0.25, 0.3) is 0 Å². The maximum Gasteiger partial charge on any atom is 0.0482 e. The van der Waals surface area contributed by atoms with Crippen LogP contribution in [0.3, 0.4) is 0 Å². The minimum Gasteiger partial charge on any atom is -0.345 e. The molecule has 0 saturated carbocycles. The van der Waals surface area contributed by atoms with Crippen LogP contribution in [0.2, 0.25) is 0 Å². The predicted molar refractivity (Wildman–Crippen MR) is 94.1 cm³/mol. The minimum absolute atomic E-state index is 0.728. The second kappa shape index (κ2) is 7.15. The van der Waals surface area contributed by atoms with Gasteiger partial charge < -0.3 is 4.57 Å². The number of fused-ring (bicyclic) bond motifs is 1. The molecule has 0 N–H and O–H groups in total. The first-order valence-electron chi connectivity index (χ1n) is 8.81. The smallest absolute Gasteiger partial charge is 0.0482 e. The average Bonchev–Trinajstić information content (AvgIpc) is 2.98. The second-order valence-corrected chi connectivity index (χ2v) is 6.41. The third-order valence-electron chi connectivity index (χ3n) is 4.81. The SMILES string of the molecule is CCCN(CCC)[C@H]1CCn2c(ccc2-c2ccccc2)C1. The van der Waals surface area contributed by atoms with Gasteiger partial charge in [0.2, 0.25) is 0 Å². The van der Waals surface area contributed by atoms with Crippen LogP contribution < -0.4 is 0 Å². The van der Waals surface area contributed by atoms with Crippen LogP contribution in [0.15, 0.2) is 42.5 Å². The van der Waals surface area contributed by atoms with Gasteiger partial charge in [0.1, 0.15) is 0 Å². The largest absolute Gasteiger partial charge is 0.345 e. The van der Waals surface area contributed by atoms with Crippen molar-refractivity contribution in [1.82, 2.24) is 9.47 Å². The zero-order valence-electron chi connectivity index (χ0n) is 14.0. The second-order valence-electron chi connectivity index (χ2n) is 6.41. The zero-order valence-corrected chi connectivity index (χ0v) is 14.0. The highest BCUT2D eigenvalue weighted by atomic mass is 15.2. The van der Waals surface area contributed by atoms with E-state index in [9.17, 15) is 0 Å². The molecule has 1 aliphatic heterocycles. The van der Waals surface area contributed by atoms with Crippen LogP contribution in [-0.2, 0) is 13.0 Å². The average molecular weight is 296 g/mol. The molecule has 2 aromatic rings. The van der Waals surface area contributed by atoms with Crippen molar-refractivity contribution in [3.63, 3.8) is 0 Å². The van der Waals surface area contributed by atoms with Crippen LogP contribution in [0.5, 0.6) is 0 Å². The van der Waals surface area contributed by atoms with Crippen LogP contribution in [0.25, 0.3) is 11.3 Å². The first-order chi connectivity index (χ1) is 10.8. The summed E-state index contributed by atoms with van der Waals surface area (Å²) in [6.45, 7) is 8.22. The summed E-state index contributed by atoms with van der Waals surface area (Å²) in [5, 5.41) is 0. The van der Waals surface area contributed by atoms with Crippen molar-refractivity contribution >= 4 is 0 Å². The molecule has 0 aliphatic carbocycles. The van der Waals surface area contributed by atoms with Crippen molar-refractivity contribution in [2.24, 2.45) is 0 Å². The number of nitrogens with zero attached hydrogens (tertiary/aromatic N) is 2. The molecule has 118 valence electrons. The van der Waals surface area contributed by atoms with E-state index in [4.69, 9.17) is 0 Å². The summed E-state index contributed by atoms with van der Waals surface area (Å²) in [5.41, 5.74) is 4.23. The van der Waals surface area contributed by atoms with Gasteiger partial charge in [-0.05, 0) is 50.0 Å². The summed E-state index contributed by atoms with van der Waals surface area (Å²) >= 11 is 0. The van der Waals surface area contributed by atoms with E-state index in [0.29, 0.717) is 0 Å². The molecule has 3 rings (SSSR count). The fraction of sp³-hybridized carbons (Fsp3) is 0.500. The maximum absolute atomic E-state index is 2.71. The molecular formula is C20H28N2. The monoisotopic (exact) mass is 296 g/mol. The normalized spacial score (nSPS) is 17.7. The molecule has 0 saturated heterocycles. The van der Waals surface area contributed by atoms with E-state index in [0.717, 1.165) is 12.6 Å². The van der Waals surface area contributed by atoms with Crippen molar-refractivity contribution in [2.45, 2.75) is 52.1 Å². The molecule has 2 nitrogen and oxygen atoms in total. The van der Waals surface area contributed by atoms with E-state index >= 15 is 0 Å². The van der Waals surface area contributed by atoms with Gasteiger partial charge in [-0.25, -0.2) is 0 Å². The number of benzene rings is 1. The summed E-state index contributed by atoms with van der Waals surface area (Å²) < 4.78 is 2.53. The van der Waals surface area contributed by atoms with Gasteiger partial charge in [0, 0.05) is 30.4 Å². The van der Waals surface area contributed by atoms with Gasteiger partial charge in [-0.1, -0.05) is 44.2 Å². The molecule has 22 heavy (non-hydrogen) atoms. The van der Waals surface area contributed by atoms with E-state index in [1.54, 1.807) is 0 Å². The Bertz CT molecular complexity index is 579. The Morgan fingerprint density at radius 2 is 1.73 bits per heavy atom. The molecular weight excluding hydrogens is 268 g/mol. The highest BCUT2D eigenvalue weighted by molar-refractivity contribution is 5.61. The Labute approximate surface area is 134 Å². The summed E-state index contributed by atoms with van der Waals surface area (Å²) in [6, 6.07) is 16.2. The predicted octanol–water partition coefficient (Wildman–Crippen LogP) is 4.59. The molecule has 1 aromatic carbocycles. The van der Waals surface area contributed by atoms with E-state index < -0.39 is 0 Å². The van der Waals surface area contributed by atoms with Crippen molar-refractivity contribution in [3.8, 4) is 11.3 Å². The van der Waals surface area contributed by atoms with Gasteiger partial charge in [-0.15, -0.1) is 0 Å². The highest BCUT2D eigenvalue weighted by Crippen LogP contribution is 2.28. The Morgan fingerprint density at radius 1 is 1.00 bits per heavy atom. The first kappa shape index (κ1) is 15.4. The maximum atomic E-state index is 2.71. The topological polar surface area (TPSA) is 8.17 Å². The molecule has 2 heteroatoms. The molecule has 0 amide bonds. The van der Waals surface area contributed by atoms with E-state index in [1.807, 2.05) is 0 Å². The third-order valence-corrected chi connectivity index (χ3v) is 4.81. The lowest BCUT2D eigenvalue weighted by atomic mass is 10.0. The summed E-state index contributed by atoms with van der Waals surface area (Å²) in [5.74, 6) is 0. The molecule has 0 bridgehead atoms. The fourth-order valence-electron chi connectivity index (χ4n) is 3.80. The van der Waals surface area contributed by atoms with Crippen molar-refractivity contribution < 1.29 is 0 Å². The lowest BCUT2D eigenvalue weighted by molar-refractivity contribution is 0.167. The quantitative estimate of drug-likeness (QED) is 0.757. The Hall–Kier alpha value is -1.54. The fourth-order valence-corrected chi connectivity index (χ4v) is 3.80. The number of hydrogen-bond acceptors (Lipinski definition) is 1. The Kier molecular flexibility index (Phi) is 4.99. The van der Waals surface area contributed by atoms with Crippen LogP contribution in [0.1, 0.15) is 38.8 Å². The van der Waals surface area contributed by atoms with Gasteiger partial charge in [-0.3, -0.25) is 4.90 Å². The van der Waals surface area contributed by atoms with Gasteiger partial charge in [-0.2, -0.15) is 0 Å². The van der Waals surface area contributed by atoms with Gasteiger partial charge in [0.05, 0.1) is 0 Å². The van der Waals surface area contributed by atoms with Crippen LogP contribution in [0.4, 0.5) is 0 Å². The highest BCUT2D eigenvalue weighted by Gasteiger charge is 2.24. The summed E-state index contributed by atoms with van der Waals surface area (Å²) in [4.78, 5) is 2.71. The standard InChI is InChI=1S/C20H28N2/c1-3-13-21(14-4-2)18-12-15-22-19(16-18)10-11-20(22)17-8-6-5-7-9-17/h5-11,18H,3-4,12-16H2,1-2H3/t18-/m0/s1.